The van der Waals surface area contributed by atoms with Gasteiger partial charge in [0.15, 0.2) is 0 Å². The minimum Gasteiger partial charge on any atom is -0.346 e. The van der Waals surface area contributed by atoms with Gasteiger partial charge in [-0.2, -0.15) is 0 Å². The van der Waals surface area contributed by atoms with Crippen LogP contribution in [0.5, 0.6) is 0 Å². The van der Waals surface area contributed by atoms with E-state index in [0.717, 1.165) is 5.75 Å². The summed E-state index contributed by atoms with van der Waals surface area (Å²) in [6.45, 7) is 8.29. The average Bonchev–Trinajstić information content (AvgIpc) is 2.69. The van der Waals surface area contributed by atoms with Crippen molar-refractivity contribution >= 4 is 17.7 Å². The van der Waals surface area contributed by atoms with Crippen molar-refractivity contribution in [3.8, 4) is 0 Å². The minimum absolute atomic E-state index is 0.0239. The van der Waals surface area contributed by atoms with Gasteiger partial charge in [-0.1, -0.05) is 53.6 Å². The third kappa shape index (κ3) is 5.26. The zero-order valence-electron chi connectivity index (χ0n) is 17.0. The maximum absolute atomic E-state index is 12.6. The molecule has 1 atom stereocenters. The molecule has 28 heavy (non-hydrogen) atoms. The number of carbonyl (C=O) groups excluding carboxylic acids is 1. The van der Waals surface area contributed by atoms with Crippen molar-refractivity contribution in [3.05, 3.63) is 100 Å². The molecular formula is C25H27NOS. The fourth-order valence-corrected chi connectivity index (χ4v) is 3.99. The summed E-state index contributed by atoms with van der Waals surface area (Å²) in [4.78, 5) is 13.9. The van der Waals surface area contributed by atoms with E-state index in [1.54, 1.807) is 11.8 Å². The number of rotatable bonds is 6. The molecule has 0 spiro atoms. The molecular weight excluding hydrogens is 362 g/mol. The van der Waals surface area contributed by atoms with Crippen molar-refractivity contribution in [2.45, 2.75) is 44.4 Å². The third-order valence-electron chi connectivity index (χ3n) is 4.89. The van der Waals surface area contributed by atoms with Gasteiger partial charge in [-0.15, -0.1) is 11.8 Å². The molecule has 144 valence electrons. The van der Waals surface area contributed by atoms with Crippen LogP contribution < -0.4 is 5.32 Å². The molecule has 0 fully saturated rings. The molecule has 3 heteroatoms. The lowest BCUT2D eigenvalue weighted by Gasteiger charge is -2.17. The van der Waals surface area contributed by atoms with Crippen molar-refractivity contribution in [1.29, 1.82) is 0 Å². The SMILES string of the molecule is Cc1ccc(SCc2ccc(C(=O)N[C@H](C)c3cc(C)ccc3C)cc2)cc1. The van der Waals surface area contributed by atoms with Crippen molar-refractivity contribution in [1.82, 2.24) is 5.32 Å². The quantitative estimate of drug-likeness (QED) is 0.495. The van der Waals surface area contributed by atoms with E-state index in [1.807, 2.05) is 31.2 Å². The molecule has 0 aliphatic carbocycles. The highest BCUT2D eigenvalue weighted by Gasteiger charge is 2.13. The molecule has 0 unspecified atom stereocenters. The molecule has 3 rings (SSSR count). The molecule has 2 nitrogen and oxygen atoms in total. The average molecular weight is 390 g/mol. The van der Waals surface area contributed by atoms with Gasteiger partial charge in [0.05, 0.1) is 6.04 Å². The number of amides is 1. The second-order valence-electron chi connectivity index (χ2n) is 7.35. The van der Waals surface area contributed by atoms with Crippen LogP contribution in [0.25, 0.3) is 0 Å². The van der Waals surface area contributed by atoms with Crippen molar-refractivity contribution in [2.24, 2.45) is 0 Å². The number of benzene rings is 3. The Balaban J connectivity index is 1.60. The van der Waals surface area contributed by atoms with Gasteiger partial charge in [0.25, 0.3) is 5.91 Å². The second-order valence-corrected chi connectivity index (χ2v) is 8.40. The lowest BCUT2D eigenvalue weighted by Crippen LogP contribution is -2.27. The van der Waals surface area contributed by atoms with Crippen molar-refractivity contribution < 1.29 is 4.79 Å². The van der Waals surface area contributed by atoms with E-state index in [2.05, 4.69) is 68.6 Å². The molecule has 1 N–H and O–H groups in total. The highest BCUT2D eigenvalue weighted by Crippen LogP contribution is 2.23. The Kier molecular flexibility index (Phi) is 6.58. The largest absolute Gasteiger partial charge is 0.346 e. The minimum atomic E-state index is -0.0360. The summed E-state index contributed by atoms with van der Waals surface area (Å²) in [5.41, 5.74) is 6.75. The number of nitrogens with one attached hydrogen (secondary N) is 1. The topological polar surface area (TPSA) is 29.1 Å². The highest BCUT2D eigenvalue weighted by atomic mass is 32.2. The molecule has 0 saturated carbocycles. The third-order valence-corrected chi connectivity index (χ3v) is 5.97. The van der Waals surface area contributed by atoms with Crippen LogP contribution in [0.4, 0.5) is 0 Å². The second kappa shape index (κ2) is 9.11. The van der Waals surface area contributed by atoms with E-state index < -0.39 is 0 Å². The number of thioether (sulfide) groups is 1. The van der Waals surface area contributed by atoms with E-state index >= 15 is 0 Å². The predicted molar refractivity (Wildman–Crippen MR) is 119 cm³/mol. The molecule has 0 aromatic heterocycles. The fourth-order valence-electron chi connectivity index (χ4n) is 3.14. The van der Waals surface area contributed by atoms with Gasteiger partial charge in [-0.25, -0.2) is 0 Å². The molecule has 3 aromatic rings. The Bertz CT molecular complexity index is 945. The maximum Gasteiger partial charge on any atom is 0.251 e. The molecule has 3 aromatic carbocycles. The first-order chi connectivity index (χ1) is 13.4. The van der Waals surface area contributed by atoms with Gasteiger partial charge >= 0.3 is 0 Å². The first kappa shape index (κ1) is 20.2. The number of hydrogen-bond donors (Lipinski definition) is 1. The lowest BCUT2D eigenvalue weighted by atomic mass is 9.99. The highest BCUT2D eigenvalue weighted by molar-refractivity contribution is 7.98. The first-order valence-electron chi connectivity index (χ1n) is 9.59. The molecule has 0 aliphatic rings. The van der Waals surface area contributed by atoms with Gasteiger partial charge in [0.1, 0.15) is 0 Å². The summed E-state index contributed by atoms with van der Waals surface area (Å²) in [5, 5.41) is 3.12. The van der Waals surface area contributed by atoms with Crippen LogP contribution in [0.1, 0.15) is 51.1 Å². The summed E-state index contributed by atoms with van der Waals surface area (Å²) in [5.74, 6) is 0.857. The normalized spacial score (nSPS) is 11.9. The zero-order chi connectivity index (χ0) is 20.1. The summed E-state index contributed by atoms with van der Waals surface area (Å²) in [7, 11) is 0. The summed E-state index contributed by atoms with van der Waals surface area (Å²) < 4.78 is 0. The van der Waals surface area contributed by atoms with Crippen LogP contribution in [0.2, 0.25) is 0 Å². The molecule has 0 heterocycles. The summed E-state index contributed by atoms with van der Waals surface area (Å²) in [6, 6.07) is 22.8. The van der Waals surface area contributed by atoms with Crippen LogP contribution in [0, 0.1) is 20.8 Å². The Morgan fingerprint density at radius 1 is 0.893 bits per heavy atom. The maximum atomic E-state index is 12.6. The lowest BCUT2D eigenvalue weighted by molar-refractivity contribution is 0.0940. The summed E-state index contributed by atoms with van der Waals surface area (Å²) >= 11 is 1.81. The van der Waals surface area contributed by atoms with E-state index in [1.165, 1.54) is 32.7 Å². The van der Waals surface area contributed by atoms with Crippen LogP contribution in [-0.2, 0) is 5.75 Å². The van der Waals surface area contributed by atoms with Crippen LogP contribution in [0.15, 0.2) is 71.6 Å². The molecule has 0 radical (unpaired) electrons. The number of hydrogen-bond acceptors (Lipinski definition) is 2. The molecule has 1 amide bonds. The van der Waals surface area contributed by atoms with Crippen LogP contribution >= 0.6 is 11.8 Å². The smallest absolute Gasteiger partial charge is 0.251 e. The van der Waals surface area contributed by atoms with Crippen LogP contribution in [-0.4, -0.2) is 5.91 Å². The van der Waals surface area contributed by atoms with E-state index in [4.69, 9.17) is 0 Å². The Hall–Kier alpha value is -2.52. The zero-order valence-corrected chi connectivity index (χ0v) is 17.8. The van der Waals surface area contributed by atoms with E-state index in [9.17, 15) is 4.79 Å². The Labute approximate surface area is 172 Å². The first-order valence-corrected chi connectivity index (χ1v) is 10.6. The van der Waals surface area contributed by atoms with E-state index in [-0.39, 0.29) is 11.9 Å². The summed E-state index contributed by atoms with van der Waals surface area (Å²) in [6.07, 6.45) is 0. The van der Waals surface area contributed by atoms with E-state index in [0.29, 0.717) is 5.56 Å². The molecule has 0 saturated heterocycles. The van der Waals surface area contributed by atoms with Gasteiger partial charge in [-0.3, -0.25) is 4.79 Å². The standard InChI is InChI=1S/C25H27NOS/c1-17-6-13-23(14-7-17)28-16-21-9-11-22(12-10-21)25(27)26-20(4)24-15-18(2)5-8-19(24)3/h5-15,20H,16H2,1-4H3,(H,26,27)/t20-/m1/s1. The predicted octanol–water partition coefficient (Wildman–Crippen LogP) is 6.40. The Morgan fingerprint density at radius 3 is 2.21 bits per heavy atom. The van der Waals surface area contributed by atoms with Gasteiger partial charge in [0.2, 0.25) is 0 Å². The van der Waals surface area contributed by atoms with Crippen molar-refractivity contribution in [3.63, 3.8) is 0 Å². The van der Waals surface area contributed by atoms with Crippen LogP contribution in [0.3, 0.4) is 0 Å². The molecule has 0 bridgehead atoms. The van der Waals surface area contributed by atoms with Gasteiger partial charge < -0.3 is 5.32 Å². The Morgan fingerprint density at radius 2 is 1.54 bits per heavy atom. The number of aryl methyl sites for hydroxylation is 3. The fraction of sp³-hybridized carbons (Fsp3) is 0.240. The van der Waals surface area contributed by atoms with Crippen molar-refractivity contribution in [2.75, 3.05) is 0 Å². The van der Waals surface area contributed by atoms with Gasteiger partial charge in [0, 0.05) is 16.2 Å². The number of carbonyl (C=O) groups is 1. The monoisotopic (exact) mass is 389 g/mol. The molecule has 0 aliphatic heterocycles. The van der Waals surface area contributed by atoms with Gasteiger partial charge in [-0.05, 0) is 68.7 Å².